The zero-order valence-electron chi connectivity index (χ0n) is 24.3. The Morgan fingerprint density at radius 3 is 2.38 bits per heavy atom. The lowest BCUT2D eigenvalue weighted by atomic mass is 9.83. The maximum atomic E-state index is 13.8. The number of benzene rings is 3. The summed E-state index contributed by atoms with van der Waals surface area (Å²) in [5, 5.41) is 2.10. The number of ether oxygens (including phenoxy) is 2. The number of aromatic nitrogens is 1. The van der Waals surface area contributed by atoms with Crippen LogP contribution in [-0.4, -0.2) is 47.1 Å². The van der Waals surface area contributed by atoms with Crippen molar-refractivity contribution in [3.05, 3.63) is 104 Å². The van der Waals surface area contributed by atoms with E-state index in [-0.39, 0.29) is 23.8 Å². The number of carbonyl (C=O) groups is 4. The Bertz CT molecular complexity index is 1920. The second-order valence-electron chi connectivity index (χ2n) is 10.5. The molecule has 0 radical (unpaired) electrons. The lowest BCUT2D eigenvalue weighted by Crippen LogP contribution is -2.32. The van der Waals surface area contributed by atoms with Crippen LogP contribution in [0.5, 0.6) is 5.75 Å². The van der Waals surface area contributed by atoms with E-state index in [4.69, 9.17) is 9.47 Å². The van der Waals surface area contributed by atoms with E-state index < -0.39 is 52.5 Å². The van der Waals surface area contributed by atoms with E-state index in [1.165, 1.54) is 18.2 Å². The highest BCUT2D eigenvalue weighted by Gasteiger charge is 2.56. The van der Waals surface area contributed by atoms with Crippen molar-refractivity contribution in [2.24, 2.45) is 5.92 Å². The number of carbonyl (C=O) groups excluding carboxylic acids is 4. The lowest BCUT2D eigenvalue weighted by Gasteiger charge is -2.29. The summed E-state index contributed by atoms with van der Waals surface area (Å²) in [6, 6.07) is 16.7. The van der Waals surface area contributed by atoms with Crippen LogP contribution in [0, 0.1) is 5.92 Å². The maximum absolute atomic E-state index is 13.8. The van der Waals surface area contributed by atoms with Gasteiger partial charge in [0.1, 0.15) is 11.0 Å². The van der Waals surface area contributed by atoms with Crippen molar-refractivity contribution in [2.45, 2.75) is 29.3 Å². The molecule has 0 aliphatic carbocycles. The number of alkyl halides is 3. The van der Waals surface area contributed by atoms with Crippen LogP contribution in [-0.2, 0) is 25.3 Å². The van der Waals surface area contributed by atoms with Crippen LogP contribution in [0.4, 0.5) is 24.5 Å². The summed E-state index contributed by atoms with van der Waals surface area (Å²) < 4.78 is 50.8. The van der Waals surface area contributed by atoms with Crippen molar-refractivity contribution >= 4 is 58.2 Å². The molecule has 47 heavy (non-hydrogen) atoms. The van der Waals surface area contributed by atoms with Gasteiger partial charge in [-0.3, -0.25) is 19.2 Å². The molecule has 4 aromatic rings. The van der Waals surface area contributed by atoms with Crippen molar-refractivity contribution < 1.29 is 41.8 Å². The highest BCUT2D eigenvalue weighted by Crippen LogP contribution is 2.53. The van der Waals surface area contributed by atoms with Crippen molar-refractivity contribution in [3.8, 4) is 5.75 Å². The molecule has 0 spiro atoms. The van der Waals surface area contributed by atoms with E-state index >= 15 is 0 Å². The minimum absolute atomic E-state index is 0.183. The number of fused-ring (bicyclic) bond motifs is 2. The summed E-state index contributed by atoms with van der Waals surface area (Å²) in [5.41, 5.74) is 0.187. The van der Waals surface area contributed by atoms with Crippen LogP contribution in [0.25, 0.3) is 0 Å². The van der Waals surface area contributed by atoms with Gasteiger partial charge >= 0.3 is 17.0 Å². The number of nitrogens with zero attached hydrogens (tertiary/aromatic N) is 1. The molecule has 1 saturated heterocycles. The zero-order chi connectivity index (χ0) is 33.5. The van der Waals surface area contributed by atoms with Crippen LogP contribution in [0.3, 0.4) is 0 Å². The Morgan fingerprint density at radius 2 is 1.70 bits per heavy atom. The van der Waals surface area contributed by atoms with Gasteiger partial charge in [0, 0.05) is 16.5 Å². The van der Waals surface area contributed by atoms with Gasteiger partial charge in [-0.05, 0) is 67.1 Å². The Labute approximate surface area is 272 Å². The standard InChI is InChI=1S/C32H24F3N3O7S2/c1-2-44-30(42)17-6-10-19(11-7-17)36-22(39)15-45-21-12-8-16(9-13-21)23-24-26(46-27-25(23)47-31(43)37-27)29(41)38(28(24)40)20-5-3-4-18(14-20)32(33,34)35/h3-14,23-24,26H,2,15H2,1H3,(H,36,39)(H,37,43). The summed E-state index contributed by atoms with van der Waals surface area (Å²) in [6.45, 7) is 1.60. The molecule has 0 saturated carbocycles. The fraction of sp³-hybridized carbons (Fsp3) is 0.219. The number of imide groups is 1. The summed E-state index contributed by atoms with van der Waals surface area (Å²) in [7, 11) is 0. The first-order valence-electron chi connectivity index (χ1n) is 14.2. The topological polar surface area (TPSA) is 135 Å². The number of hydrogen-bond donors (Lipinski definition) is 2. The molecule has 2 N–H and O–H groups in total. The smallest absolute Gasteiger partial charge is 0.416 e. The second kappa shape index (κ2) is 12.7. The Morgan fingerprint density at radius 1 is 0.979 bits per heavy atom. The van der Waals surface area contributed by atoms with E-state index in [1.807, 2.05) is 0 Å². The number of halogens is 3. The molecule has 0 bridgehead atoms. The average Bonchev–Trinajstić information content (AvgIpc) is 3.54. The molecule has 2 aliphatic rings. The van der Waals surface area contributed by atoms with Crippen molar-refractivity contribution in [1.29, 1.82) is 0 Å². The summed E-state index contributed by atoms with van der Waals surface area (Å²) in [5.74, 6) is -3.69. The Kier molecular flexibility index (Phi) is 8.68. The van der Waals surface area contributed by atoms with E-state index in [9.17, 15) is 37.1 Å². The average molecular weight is 684 g/mol. The van der Waals surface area contributed by atoms with Gasteiger partial charge in [-0.2, -0.15) is 13.2 Å². The molecule has 1 aromatic heterocycles. The minimum atomic E-state index is -4.67. The highest BCUT2D eigenvalue weighted by molar-refractivity contribution is 8.00. The van der Waals surface area contributed by atoms with E-state index in [1.54, 1.807) is 43.3 Å². The first-order chi connectivity index (χ1) is 22.4. The van der Waals surface area contributed by atoms with Gasteiger partial charge in [0.15, 0.2) is 6.61 Å². The lowest BCUT2D eigenvalue weighted by molar-refractivity contribution is -0.137. The monoisotopic (exact) mass is 683 g/mol. The SMILES string of the molecule is CCOC(=O)c1ccc(NC(=O)COc2ccc(C3c4sc(=O)[nH]c4SC4C(=O)N(c5cccc(C(F)(F)F)c5)C(=O)C43)cc2)cc1. The van der Waals surface area contributed by atoms with Gasteiger partial charge in [0.2, 0.25) is 11.8 Å². The normalized spacial score (nSPS) is 18.8. The summed E-state index contributed by atoms with van der Waals surface area (Å²) >= 11 is 1.91. The fourth-order valence-corrected chi connectivity index (χ4v) is 7.99. The molecule has 6 rings (SSSR count). The minimum Gasteiger partial charge on any atom is -0.484 e. The molecule has 242 valence electrons. The number of thiazole rings is 1. The third kappa shape index (κ3) is 6.40. The predicted molar refractivity (Wildman–Crippen MR) is 167 cm³/mol. The Balaban J connectivity index is 1.19. The molecule has 3 heterocycles. The second-order valence-corrected chi connectivity index (χ2v) is 12.7. The quantitative estimate of drug-likeness (QED) is 0.185. The molecule has 3 atom stereocenters. The van der Waals surface area contributed by atoms with E-state index in [0.29, 0.717) is 32.5 Å². The van der Waals surface area contributed by atoms with Crippen molar-refractivity contribution in [1.82, 2.24) is 4.98 Å². The van der Waals surface area contributed by atoms with Crippen LogP contribution in [0.1, 0.15) is 39.2 Å². The third-order valence-corrected chi connectivity index (χ3v) is 9.95. The number of anilines is 2. The highest BCUT2D eigenvalue weighted by atomic mass is 32.2. The van der Waals surface area contributed by atoms with Crippen LogP contribution >= 0.6 is 23.1 Å². The number of nitrogens with one attached hydrogen (secondary N) is 2. The van der Waals surface area contributed by atoms with Gasteiger partial charge in [-0.15, -0.1) is 0 Å². The van der Waals surface area contributed by atoms with Crippen molar-refractivity contribution in [3.63, 3.8) is 0 Å². The number of amides is 3. The zero-order valence-corrected chi connectivity index (χ0v) is 26.0. The molecule has 3 unspecified atom stereocenters. The molecule has 1 fully saturated rings. The number of esters is 1. The number of thioether (sulfide) groups is 1. The largest absolute Gasteiger partial charge is 0.484 e. The molecule has 3 amide bonds. The first kappa shape index (κ1) is 32.1. The van der Waals surface area contributed by atoms with E-state index in [2.05, 4.69) is 10.3 Å². The maximum Gasteiger partial charge on any atom is 0.416 e. The summed E-state index contributed by atoms with van der Waals surface area (Å²) in [6.07, 6.45) is -4.67. The summed E-state index contributed by atoms with van der Waals surface area (Å²) in [4.78, 5) is 67.7. The van der Waals surface area contributed by atoms with Crippen LogP contribution < -0.4 is 19.8 Å². The fourth-order valence-electron chi connectivity index (χ4n) is 5.47. The molecular formula is C32H24F3N3O7S2. The van der Waals surface area contributed by atoms with E-state index in [0.717, 1.165) is 46.2 Å². The van der Waals surface area contributed by atoms with Gasteiger partial charge in [-0.1, -0.05) is 41.3 Å². The number of aromatic amines is 1. The van der Waals surface area contributed by atoms with Crippen LogP contribution in [0.2, 0.25) is 0 Å². The number of rotatable bonds is 8. The Hall–Kier alpha value is -4.89. The third-order valence-electron chi connectivity index (χ3n) is 7.54. The van der Waals surface area contributed by atoms with Gasteiger partial charge in [-0.25, -0.2) is 9.69 Å². The van der Waals surface area contributed by atoms with Gasteiger partial charge in [0.25, 0.3) is 5.91 Å². The first-order valence-corrected chi connectivity index (χ1v) is 15.9. The molecular weight excluding hydrogens is 659 g/mol. The molecule has 10 nitrogen and oxygen atoms in total. The van der Waals surface area contributed by atoms with Crippen LogP contribution in [0.15, 0.2) is 82.6 Å². The molecule has 3 aromatic carbocycles. The number of H-pyrrole nitrogens is 1. The van der Waals surface area contributed by atoms with Crippen molar-refractivity contribution in [2.75, 3.05) is 23.4 Å². The van der Waals surface area contributed by atoms with Gasteiger partial charge in [0.05, 0.1) is 34.4 Å². The molecule has 15 heteroatoms. The number of hydrogen-bond acceptors (Lipinski definition) is 9. The molecule has 2 aliphatic heterocycles. The predicted octanol–water partition coefficient (Wildman–Crippen LogP) is 5.45. The van der Waals surface area contributed by atoms with Gasteiger partial charge < -0.3 is 19.8 Å².